The maximum absolute atomic E-state index is 12.3. The molecule has 5 nitrogen and oxygen atoms in total. The van der Waals surface area contributed by atoms with Crippen molar-refractivity contribution in [1.82, 2.24) is 5.32 Å². The van der Waals surface area contributed by atoms with Crippen LogP contribution in [0.25, 0.3) is 0 Å². The van der Waals surface area contributed by atoms with Crippen LogP contribution in [0.3, 0.4) is 0 Å². The molecule has 2 aliphatic rings. The number of ether oxygens (including phenoxy) is 1. The van der Waals surface area contributed by atoms with Gasteiger partial charge in [0.15, 0.2) is 6.61 Å². The minimum absolute atomic E-state index is 0.0190. The topological polar surface area (TPSA) is 72.5 Å². The zero-order valence-corrected chi connectivity index (χ0v) is 16.3. The van der Waals surface area contributed by atoms with Gasteiger partial charge in [0.25, 0.3) is 5.91 Å². The number of ketones is 1. The van der Waals surface area contributed by atoms with Gasteiger partial charge in [0.2, 0.25) is 0 Å². The van der Waals surface area contributed by atoms with Crippen LogP contribution in [0.5, 0.6) is 0 Å². The van der Waals surface area contributed by atoms with E-state index in [-0.39, 0.29) is 36.2 Å². The summed E-state index contributed by atoms with van der Waals surface area (Å²) in [4.78, 5) is 36.2. The number of carbonyl (C=O) groups excluding carboxylic acids is 3. The van der Waals surface area contributed by atoms with E-state index in [1.807, 2.05) is 18.2 Å². The Morgan fingerprint density at radius 3 is 2.52 bits per heavy atom. The molecule has 6 heteroatoms. The SMILES string of the molecule is O=C(COC(=O)C1C[C@H]2CCC[C@H](C1)C2=O)NCCSCc1ccccc1. The zero-order valence-electron chi connectivity index (χ0n) is 15.5. The van der Waals surface area contributed by atoms with Crippen molar-refractivity contribution in [3.05, 3.63) is 35.9 Å². The molecule has 2 saturated carbocycles. The number of esters is 1. The van der Waals surface area contributed by atoms with E-state index in [4.69, 9.17) is 4.74 Å². The van der Waals surface area contributed by atoms with Crippen molar-refractivity contribution in [3.8, 4) is 0 Å². The first-order chi connectivity index (χ1) is 13.1. The number of thioether (sulfide) groups is 1. The Balaban J connectivity index is 1.29. The summed E-state index contributed by atoms with van der Waals surface area (Å²) in [5.74, 6) is 1.26. The molecule has 2 atom stereocenters. The molecule has 146 valence electrons. The molecule has 27 heavy (non-hydrogen) atoms. The molecule has 0 radical (unpaired) electrons. The van der Waals surface area contributed by atoms with Gasteiger partial charge < -0.3 is 10.1 Å². The third kappa shape index (κ3) is 5.83. The molecule has 3 rings (SSSR count). The number of amides is 1. The molecule has 2 fully saturated rings. The average molecular weight is 390 g/mol. The first kappa shape index (κ1) is 19.9. The Kier molecular flexibility index (Phi) is 7.33. The van der Waals surface area contributed by atoms with Gasteiger partial charge in [0, 0.05) is 29.9 Å². The summed E-state index contributed by atoms with van der Waals surface area (Å²) in [6.07, 6.45) is 4.03. The van der Waals surface area contributed by atoms with Crippen molar-refractivity contribution in [2.75, 3.05) is 18.9 Å². The molecule has 1 amide bonds. The molecule has 1 aromatic rings. The van der Waals surface area contributed by atoms with E-state index >= 15 is 0 Å². The first-order valence-corrected chi connectivity index (χ1v) is 10.9. The number of rotatable bonds is 8. The minimum Gasteiger partial charge on any atom is -0.455 e. The van der Waals surface area contributed by atoms with Crippen LogP contribution in [0.2, 0.25) is 0 Å². The van der Waals surface area contributed by atoms with Crippen LogP contribution in [-0.2, 0) is 24.9 Å². The van der Waals surface area contributed by atoms with Crippen LogP contribution in [-0.4, -0.2) is 36.6 Å². The van der Waals surface area contributed by atoms with E-state index in [9.17, 15) is 14.4 Å². The largest absolute Gasteiger partial charge is 0.455 e. The number of benzene rings is 1. The van der Waals surface area contributed by atoms with Gasteiger partial charge in [0.1, 0.15) is 5.78 Å². The molecule has 0 aromatic heterocycles. The van der Waals surface area contributed by atoms with Gasteiger partial charge in [-0.3, -0.25) is 14.4 Å². The molecule has 2 aliphatic carbocycles. The Labute approximate surface area is 164 Å². The van der Waals surface area contributed by atoms with E-state index in [1.54, 1.807) is 11.8 Å². The molecule has 0 aliphatic heterocycles. The van der Waals surface area contributed by atoms with Gasteiger partial charge in [-0.05, 0) is 31.2 Å². The standard InChI is InChI=1S/C21H27NO4S/c23-19(22-9-10-27-14-15-5-2-1-3-6-15)13-26-21(25)18-11-16-7-4-8-17(12-18)20(16)24/h1-3,5-6,16-18H,4,7-14H2,(H,22,23)/t16-,17-/m1/s1. The zero-order chi connectivity index (χ0) is 19.1. The van der Waals surface area contributed by atoms with E-state index in [1.165, 1.54) is 5.56 Å². The van der Waals surface area contributed by atoms with Crippen LogP contribution < -0.4 is 5.32 Å². The number of hydrogen-bond donors (Lipinski definition) is 1. The quantitative estimate of drug-likeness (QED) is 0.547. The van der Waals surface area contributed by atoms with Crippen LogP contribution in [0.1, 0.15) is 37.7 Å². The lowest BCUT2D eigenvalue weighted by molar-refractivity contribution is -0.156. The van der Waals surface area contributed by atoms with E-state index in [0.717, 1.165) is 30.8 Å². The van der Waals surface area contributed by atoms with Gasteiger partial charge in [0.05, 0.1) is 5.92 Å². The summed E-state index contributed by atoms with van der Waals surface area (Å²) in [6.45, 7) is 0.317. The summed E-state index contributed by atoms with van der Waals surface area (Å²) in [6, 6.07) is 10.2. The third-order valence-electron chi connectivity index (χ3n) is 5.41. The number of hydrogen-bond acceptors (Lipinski definition) is 5. The molecule has 0 spiro atoms. The summed E-state index contributed by atoms with van der Waals surface area (Å²) in [7, 11) is 0. The second-order valence-electron chi connectivity index (χ2n) is 7.39. The maximum Gasteiger partial charge on any atom is 0.309 e. The molecule has 0 unspecified atom stereocenters. The lowest BCUT2D eigenvalue weighted by Crippen LogP contribution is -2.40. The highest BCUT2D eigenvalue weighted by Crippen LogP contribution is 2.40. The molecule has 0 saturated heterocycles. The van der Waals surface area contributed by atoms with Crippen LogP contribution >= 0.6 is 11.8 Å². The Morgan fingerprint density at radius 2 is 1.81 bits per heavy atom. The number of nitrogens with one attached hydrogen (secondary N) is 1. The highest BCUT2D eigenvalue weighted by Gasteiger charge is 2.41. The Bertz CT molecular complexity index is 647. The smallest absolute Gasteiger partial charge is 0.309 e. The second kappa shape index (κ2) is 9.93. The fourth-order valence-electron chi connectivity index (χ4n) is 4.00. The van der Waals surface area contributed by atoms with Gasteiger partial charge in [-0.15, -0.1) is 0 Å². The first-order valence-electron chi connectivity index (χ1n) is 9.72. The highest BCUT2D eigenvalue weighted by molar-refractivity contribution is 7.98. The third-order valence-corrected chi connectivity index (χ3v) is 6.44. The van der Waals surface area contributed by atoms with Gasteiger partial charge in [-0.25, -0.2) is 0 Å². The molecule has 0 heterocycles. The summed E-state index contributed by atoms with van der Waals surface area (Å²) in [5, 5.41) is 2.78. The van der Waals surface area contributed by atoms with Crippen molar-refractivity contribution in [2.24, 2.45) is 17.8 Å². The summed E-state index contributed by atoms with van der Waals surface area (Å²) < 4.78 is 5.20. The normalized spacial score (nSPS) is 24.3. The molecule has 1 aromatic carbocycles. The highest BCUT2D eigenvalue weighted by atomic mass is 32.2. The van der Waals surface area contributed by atoms with E-state index < -0.39 is 0 Å². The van der Waals surface area contributed by atoms with Crippen LogP contribution in [0, 0.1) is 17.8 Å². The molecular formula is C21H27NO4S. The van der Waals surface area contributed by atoms with E-state index in [2.05, 4.69) is 17.4 Å². The van der Waals surface area contributed by atoms with Crippen molar-refractivity contribution in [3.63, 3.8) is 0 Å². The van der Waals surface area contributed by atoms with Gasteiger partial charge in [-0.1, -0.05) is 36.8 Å². The average Bonchev–Trinajstić information content (AvgIpc) is 2.66. The predicted molar refractivity (Wildman–Crippen MR) is 105 cm³/mol. The number of fused-ring (bicyclic) bond motifs is 2. The fourth-order valence-corrected chi connectivity index (χ4v) is 4.82. The monoisotopic (exact) mass is 389 g/mol. The van der Waals surface area contributed by atoms with Crippen LogP contribution in [0.15, 0.2) is 30.3 Å². The maximum atomic E-state index is 12.3. The van der Waals surface area contributed by atoms with Crippen molar-refractivity contribution in [2.45, 2.75) is 37.9 Å². The number of Topliss-reactive ketones (excluding diaryl/α,β-unsaturated/α-hetero) is 1. The van der Waals surface area contributed by atoms with E-state index in [0.29, 0.717) is 25.2 Å². The Hall–Kier alpha value is -1.82. The van der Waals surface area contributed by atoms with Crippen molar-refractivity contribution in [1.29, 1.82) is 0 Å². The lowest BCUT2D eigenvalue weighted by Gasteiger charge is -2.36. The molecular weight excluding hydrogens is 362 g/mol. The minimum atomic E-state index is -0.326. The van der Waals surface area contributed by atoms with Crippen LogP contribution in [0.4, 0.5) is 0 Å². The van der Waals surface area contributed by atoms with Gasteiger partial charge >= 0.3 is 5.97 Å². The number of carbonyl (C=O) groups is 3. The Morgan fingerprint density at radius 1 is 1.11 bits per heavy atom. The lowest BCUT2D eigenvalue weighted by atomic mass is 9.67. The summed E-state index contributed by atoms with van der Waals surface area (Å²) in [5.41, 5.74) is 1.26. The van der Waals surface area contributed by atoms with Gasteiger partial charge in [-0.2, -0.15) is 11.8 Å². The summed E-state index contributed by atoms with van der Waals surface area (Å²) >= 11 is 1.75. The van der Waals surface area contributed by atoms with Crippen molar-refractivity contribution >= 4 is 29.4 Å². The fraction of sp³-hybridized carbons (Fsp3) is 0.571. The predicted octanol–water partition coefficient (Wildman–Crippen LogP) is 2.97. The van der Waals surface area contributed by atoms with Crippen molar-refractivity contribution < 1.29 is 19.1 Å². The molecule has 2 bridgehead atoms. The second-order valence-corrected chi connectivity index (χ2v) is 8.50. The molecule has 1 N–H and O–H groups in total.